The van der Waals surface area contributed by atoms with Crippen LogP contribution in [-0.4, -0.2) is 30.1 Å². The molecule has 0 aliphatic heterocycles. The molecule has 2 aromatic rings. The monoisotopic (exact) mass is 384 g/mol. The topological polar surface area (TPSA) is 67.8 Å². The van der Waals surface area contributed by atoms with Crippen molar-refractivity contribution >= 4 is 5.96 Å². The van der Waals surface area contributed by atoms with Crippen LogP contribution in [0, 0.1) is 5.92 Å². The molecule has 0 amide bonds. The molecule has 152 valence electrons. The molecular formula is C22H32N4O2. The van der Waals surface area contributed by atoms with Gasteiger partial charge in [0.2, 0.25) is 5.88 Å². The smallest absolute Gasteiger partial charge is 0.219 e. The Hall–Kier alpha value is -2.76. The number of nitrogens with zero attached hydrogens (tertiary/aromatic N) is 2. The van der Waals surface area contributed by atoms with E-state index in [1.54, 1.807) is 6.20 Å². The molecule has 0 saturated carbocycles. The van der Waals surface area contributed by atoms with Crippen LogP contribution in [0.2, 0.25) is 0 Å². The van der Waals surface area contributed by atoms with Gasteiger partial charge in [-0.3, -0.25) is 0 Å². The summed E-state index contributed by atoms with van der Waals surface area (Å²) >= 11 is 0. The average Bonchev–Trinajstić information content (AvgIpc) is 2.69. The Labute approximate surface area is 168 Å². The summed E-state index contributed by atoms with van der Waals surface area (Å²) in [6.07, 6.45) is 1.79. The third kappa shape index (κ3) is 6.76. The summed E-state index contributed by atoms with van der Waals surface area (Å²) in [7, 11) is 0. The van der Waals surface area contributed by atoms with Gasteiger partial charge in [0, 0.05) is 24.8 Å². The predicted molar refractivity (Wildman–Crippen MR) is 114 cm³/mol. The molecule has 1 aromatic heterocycles. The van der Waals surface area contributed by atoms with E-state index in [9.17, 15) is 0 Å². The summed E-state index contributed by atoms with van der Waals surface area (Å²) in [5.74, 6) is 3.24. The number of aromatic nitrogens is 1. The molecule has 0 radical (unpaired) electrons. The minimum absolute atomic E-state index is 0.345. The molecule has 1 aromatic carbocycles. The van der Waals surface area contributed by atoms with Gasteiger partial charge < -0.3 is 20.1 Å². The van der Waals surface area contributed by atoms with Crippen molar-refractivity contribution in [3.63, 3.8) is 0 Å². The Morgan fingerprint density at radius 3 is 2.43 bits per heavy atom. The number of hydrogen-bond acceptors (Lipinski definition) is 4. The number of para-hydroxylation sites is 2. The van der Waals surface area contributed by atoms with Gasteiger partial charge in [-0.2, -0.15) is 0 Å². The zero-order valence-electron chi connectivity index (χ0n) is 17.5. The summed E-state index contributed by atoms with van der Waals surface area (Å²) in [4.78, 5) is 9.05. The van der Waals surface area contributed by atoms with Crippen molar-refractivity contribution in [1.82, 2.24) is 15.6 Å². The zero-order chi connectivity index (χ0) is 20.4. The lowest BCUT2D eigenvalue weighted by molar-refractivity contribution is 0.319. The molecular weight excluding hydrogens is 352 g/mol. The highest BCUT2D eigenvalue weighted by Gasteiger charge is 2.09. The Morgan fingerprint density at radius 2 is 1.82 bits per heavy atom. The SMILES string of the molecule is CCNC(=NCc1ccc(Oc2ccccc2OCC)nc1)NC(C)C(C)C. The molecule has 0 aliphatic rings. The second-order valence-corrected chi connectivity index (χ2v) is 6.86. The largest absolute Gasteiger partial charge is 0.490 e. The van der Waals surface area contributed by atoms with E-state index in [4.69, 9.17) is 9.47 Å². The Kier molecular flexibility index (Phi) is 8.59. The number of guanidine groups is 1. The highest BCUT2D eigenvalue weighted by molar-refractivity contribution is 5.80. The molecule has 0 saturated heterocycles. The molecule has 0 aliphatic carbocycles. The zero-order valence-corrected chi connectivity index (χ0v) is 17.5. The van der Waals surface area contributed by atoms with Gasteiger partial charge in [0.1, 0.15) is 0 Å². The minimum atomic E-state index is 0.345. The normalized spacial score (nSPS) is 12.6. The Bertz CT molecular complexity index is 744. The van der Waals surface area contributed by atoms with Gasteiger partial charge in [0.05, 0.1) is 13.2 Å². The number of pyridine rings is 1. The first-order valence-corrected chi connectivity index (χ1v) is 9.92. The lowest BCUT2D eigenvalue weighted by atomic mass is 10.1. The maximum atomic E-state index is 5.86. The van der Waals surface area contributed by atoms with Crippen LogP contribution in [0.4, 0.5) is 0 Å². The van der Waals surface area contributed by atoms with Crippen LogP contribution in [0.25, 0.3) is 0 Å². The lowest BCUT2D eigenvalue weighted by Gasteiger charge is -2.20. The first kappa shape index (κ1) is 21.5. The van der Waals surface area contributed by atoms with Crippen molar-refractivity contribution in [2.45, 2.75) is 47.2 Å². The van der Waals surface area contributed by atoms with Gasteiger partial charge in [-0.1, -0.05) is 32.0 Å². The quantitative estimate of drug-likeness (QED) is 0.496. The van der Waals surface area contributed by atoms with Crippen molar-refractivity contribution in [1.29, 1.82) is 0 Å². The molecule has 6 nitrogen and oxygen atoms in total. The number of aliphatic imine (C=N–C) groups is 1. The molecule has 1 unspecified atom stereocenters. The average molecular weight is 385 g/mol. The molecule has 2 rings (SSSR count). The molecule has 2 N–H and O–H groups in total. The van der Waals surface area contributed by atoms with E-state index in [1.165, 1.54) is 0 Å². The first-order valence-electron chi connectivity index (χ1n) is 9.92. The fraction of sp³-hybridized carbons (Fsp3) is 0.455. The highest BCUT2D eigenvalue weighted by atomic mass is 16.5. The van der Waals surface area contributed by atoms with E-state index in [2.05, 4.69) is 48.3 Å². The van der Waals surface area contributed by atoms with Crippen LogP contribution >= 0.6 is 0 Å². The molecule has 1 heterocycles. The maximum Gasteiger partial charge on any atom is 0.219 e. The molecule has 0 fully saturated rings. The summed E-state index contributed by atoms with van der Waals surface area (Å²) in [6, 6.07) is 11.8. The molecule has 0 spiro atoms. The fourth-order valence-electron chi connectivity index (χ4n) is 2.36. The van der Waals surface area contributed by atoms with Gasteiger partial charge in [0.25, 0.3) is 0 Å². The van der Waals surface area contributed by atoms with Crippen molar-refractivity contribution < 1.29 is 9.47 Å². The number of nitrogens with one attached hydrogen (secondary N) is 2. The summed E-state index contributed by atoms with van der Waals surface area (Å²) in [6.45, 7) is 12.5. The number of ether oxygens (including phenoxy) is 2. The van der Waals surface area contributed by atoms with Gasteiger partial charge >= 0.3 is 0 Å². The van der Waals surface area contributed by atoms with Crippen LogP contribution in [0.5, 0.6) is 17.4 Å². The second kappa shape index (κ2) is 11.2. The van der Waals surface area contributed by atoms with Gasteiger partial charge in [0.15, 0.2) is 17.5 Å². The summed E-state index contributed by atoms with van der Waals surface area (Å²) in [5, 5.41) is 6.71. The van der Waals surface area contributed by atoms with Crippen LogP contribution in [-0.2, 0) is 6.54 Å². The second-order valence-electron chi connectivity index (χ2n) is 6.86. The lowest BCUT2D eigenvalue weighted by Crippen LogP contribution is -2.44. The number of benzene rings is 1. The summed E-state index contributed by atoms with van der Waals surface area (Å²) < 4.78 is 11.4. The van der Waals surface area contributed by atoms with Crippen LogP contribution in [0.15, 0.2) is 47.6 Å². The first-order chi connectivity index (χ1) is 13.5. The van der Waals surface area contributed by atoms with E-state index in [0.29, 0.717) is 42.5 Å². The standard InChI is InChI=1S/C22H32N4O2/c1-6-23-22(26-17(5)16(3)4)25-15-18-12-13-21(24-14-18)28-20-11-9-8-10-19(20)27-7-2/h8-14,16-17H,6-7,15H2,1-5H3,(H2,23,25,26). The van der Waals surface area contributed by atoms with E-state index in [1.807, 2.05) is 43.3 Å². The van der Waals surface area contributed by atoms with E-state index < -0.39 is 0 Å². The van der Waals surface area contributed by atoms with Gasteiger partial charge in [-0.15, -0.1) is 0 Å². The summed E-state index contributed by atoms with van der Waals surface area (Å²) in [5.41, 5.74) is 1.01. The van der Waals surface area contributed by atoms with Gasteiger partial charge in [-0.25, -0.2) is 9.98 Å². The third-order valence-corrected chi connectivity index (χ3v) is 4.29. The third-order valence-electron chi connectivity index (χ3n) is 4.29. The van der Waals surface area contributed by atoms with Crippen molar-refractivity contribution in [2.75, 3.05) is 13.2 Å². The fourth-order valence-corrected chi connectivity index (χ4v) is 2.36. The van der Waals surface area contributed by atoms with Crippen molar-refractivity contribution in [2.24, 2.45) is 10.9 Å². The Morgan fingerprint density at radius 1 is 1.07 bits per heavy atom. The van der Waals surface area contributed by atoms with Crippen molar-refractivity contribution in [3.05, 3.63) is 48.2 Å². The van der Waals surface area contributed by atoms with E-state index >= 15 is 0 Å². The van der Waals surface area contributed by atoms with Crippen LogP contribution in [0.1, 0.15) is 40.2 Å². The molecule has 1 atom stereocenters. The van der Waals surface area contributed by atoms with E-state index in [0.717, 1.165) is 18.1 Å². The van der Waals surface area contributed by atoms with Crippen LogP contribution in [0.3, 0.4) is 0 Å². The molecule has 0 bridgehead atoms. The maximum absolute atomic E-state index is 5.86. The van der Waals surface area contributed by atoms with Gasteiger partial charge in [-0.05, 0) is 44.4 Å². The number of rotatable bonds is 9. The van der Waals surface area contributed by atoms with Crippen LogP contribution < -0.4 is 20.1 Å². The highest BCUT2D eigenvalue weighted by Crippen LogP contribution is 2.30. The minimum Gasteiger partial charge on any atom is -0.490 e. The molecule has 28 heavy (non-hydrogen) atoms. The number of hydrogen-bond donors (Lipinski definition) is 2. The van der Waals surface area contributed by atoms with E-state index in [-0.39, 0.29) is 0 Å². The molecule has 6 heteroatoms. The Balaban J connectivity index is 2.01. The predicted octanol–water partition coefficient (Wildman–Crippen LogP) is 4.37. The van der Waals surface area contributed by atoms with Crippen molar-refractivity contribution in [3.8, 4) is 17.4 Å².